The summed E-state index contributed by atoms with van der Waals surface area (Å²) in [6, 6.07) is 8.45. The third-order valence-electron chi connectivity index (χ3n) is 3.30. The number of benzene rings is 1. The number of anilines is 1. The molecule has 0 spiro atoms. The lowest BCUT2D eigenvalue weighted by molar-refractivity contribution is -0.135. The molecule has 0 aliphatic rings. The molecule has 5 heteroatoms. The van der Waals surface area contributed by atoms with E-state index in [1.54, 1.807) is 24.3 Å². The number of urea groups is 1. The monoisotopic (exact) mass is 278 g/mol. The Kier molecular flexibility index (Phi) is 6.56. The van der Waals surface area contributed by atoms with Gasteiger partial charge in [0.1, 0.15) is 6.54 Å². The first-order valence-corrected chi connectivity index (χ1v) is 6.90. The minimum absolute atomic E-state index is 0.348. The van der Waals surface area contributed by atoms with Crippen molar-refractivity contribution >= 4 is 17.7 Å². The maximum Gasteiger partial charge on any atom is 0.323 e. The van der Waals surface area contributed by atoms with E-state index in [1.807, 2.05) is 6.07 Å². The van der Waals surface area contributed by atoms with Crippen LogP contribution in [0.4, 0.5) is 10.5 Å². The van der Waals surface area contributed by atoms with Crippen LogP contribution in [0.25, 0.3) is 0 Å². The normalized spacial score (nSPS) is 10.3. The van der Waals surface area contributed by atoms with E-state index in [0.29, 0.717) is 18.2 Å². The van der Waals surface area contributed by atoms with Gasteiger partial charge in [-0.25, -0.2) is 4.79 Å². The summed E-state index contributed by atoms with van der Waals surface area (Å²) in [5, 5.41) is 11.8. The summed E-state index contributed by atoms with van der Waals surface area (Å²) in [6.45, 7) is 4.37. The van der Waals surface area contributed by atoms with Gasteiger partial charge in [-0.05, 0) is 18.1 Å². The summed E-state index contributed by atoms with van der Waals surface area (Å²) >= 11 is 0. The molecule has 5 nitrogen and oxygen atoms in total. The van der Waals surface area contributed by atoms with Crippen molar-refractivity contribution in [2.45, 2.75) is 26.7 Å². The Balaban J connectivity index is 2.73. The predicted molar refractivity (Wildman–Crippen MR) is 78.9 cm³/mol. The van der Waals surface area contributed by atoms with Gasteiger partial charge < -0.3 is 10.4 Å². The number of carboxylic acids is 1. The van der Waals surface area contributed by atoms with Crippen molar-refractivity contribution < 1.29 is 14.7 Å². The standard InChI is InChI=1S/C15H22N2O3/c1-3-12(4-2)10-16-15(20)17(11-14(18)19)13-8-6-5-7-9-13/h5-9,12H,3-4,10-11H2,1-2H3,(H,16,20)(H,18,19). The van der Waals surface area contributed by atoms with Crippen molar-refractivity contribution in [1.29, 1.82) is 0 Å². The second kappa shape index (κ2) is 8.19. The maximum absolute atomic E-state index is 12.2. The van der Waals surface area contributed by atoms with E-state index in [0.717, 1.165) is 12.8 Å². The molecular weight excluding hydrogens is 256 g/mol. The van der Waals surface area contributed by atoms with E-state index in [1.165, 1.54) is 4.90 Å². The van der Waals surface area contributed by atoms with E-state index in [9.17, 15) is 9.59 Å². The van der Waals surface area contributed by atoms with E-state index in [2.05, 4.69) is 19.2 Å². The first-order chi connectivity index (χ1) is 9.58. The summed E-state index contributed by atoms with van der Waals surface area (Å²) in [7, 11) is 0. The van der Waals surface area contributed by atoms with Gasteiger partial charge in [-0.1, -0.05) is 44.9 Å². The highest BCUT2D eigenvalue weighted by molar-refractivity contribution is 5.96. The van der Waals surface area contributed by atoms with Crippen LogP contribution in [-0.4, -0.2) is 30.2 Å². The van der Waals surface area contributed by atoms with E-state index < -0.39 is 5.97 Å². The highest BCUT2D eigenvalue weighted by Crippen LogP contribution is 2.13. The third kappa shape index (κ3) is 4.91. The van der Waals surface area contributed by atoms with Crippen molar-refractivity contribution in [3.63, 3.8) is 0 Å². The molecule has 0 saturated heterocycles. The largest absolute Gasteiger partial charge is 0.480 e. The Hall–Kier alpha value is -2.04. The molecule has 1 rings (SSSR count). The zero-order valence-electron chi connectivity index (χ0n) is 12.0. The summed E-state index contributed by atoms with van der Waals surface area (Å²) in [6.07, 6.45) is 1.97. The fourth-order valence-corrected chi connectivity index (χ4v) is 1.93. The average molecular weight is 278 g/mol. The summed E-state index contributed by atoms with van der Waals surface area (Å²) in [4.78, 5) is 24.3. The van der Waals surface area contributed by atoms with E-state index in [-0.39, 0.29) is 12.6 Å². The highest BCUT2D eigenvalue weighted by Gasteiger charge is 2.19. The molecular formula is C15H22N2O3. The van der Waals surface area contributed by atoms with Crippen molar-refractivity contribution in [2.24, 2.45) is 5.92 Å². The molecule has 0 unspecified atom stereocenters. The topological polar surface area (TPSA) is 69.6 Å². The highest BCUT2D eigenvalue weighted by atomic mass is 16.4. The molecule has 0 fully saturated rings. The molecule has 20 heavy (non-hydrogen) atoms. The molecule has 1 aromatic carbocycles. The minimum atomic E-state index is -1.04. The van der Waals surface area contributed by atoms with E-state index in [4.69, 9.17) is 5.11 Å². The number of hydrogen-bond acceptors (Lipinski definition) is 2. The van der Waals surface area contributed by atoms with Gasteiger partial charge in [-0.3, -0.25) is 9.69 Å². The number of nitrogens with one attached hydrogen (secondary N) is 1. The van der Waals surface area contributed by atoms with Crippen molar-refractivity contribution in [1.82, 2.24) is 5.32 Å². The van der Waals surface area contributed by atoms with Gasteiger partial charge in [0.15, 0.2) is 0 Å². The number of hydrogen-bond donors (Lipinski definition) is 2. The van der Waals surface area contributed by atoms with Gasteiger partial charge in [-0.2, -0.15) is 0 Å². The number of carboxylic acid groups (broad SMARTS) is 1. The number of carbonyl (C=O) groups excluding carboxylic acids is 1. The van der Waals surface area contributed by atoms with Crippen LogP contribution in [0.5, 0.6) is 0 Å². The van der Waals surface area contributed by atoms with Gasteiger partial charge in [0.2, 0.25) is 0 Å². The molecule has 1 aromatic rings. The van der Waals surface area contributed by atoms with Crippen LogP contribution in [-0.2, 0) is 4.79 Å². The van der Waals surface area contributed by atoms with Gasteiger partial charge in [0, 0.05) is 12.2 Å². The maximum atomic E-state index is 12.2. The first kappa shape index (κ1) is 16.0. The minimum Gasteiger partial charge on any atom is -0.480 e. The lowest BCUT2D eigenvalue weighted by atomic mass is 10.0. The summed E-state index contributed by atoms with van der Waals surface area (Å²) in [5.74, 6) is -0.618. The number of rotatable bonds is 7. The zero-order chi connectivity index (χ0) is 15.0. The molecule has 0 radical (unpaired) electrons. The van der Waals surface area contributed by atoms with Gasteiger partial charge >= 0.3 is 12.0 Å². The molecule has 0 saturated carbocycles. The van der Waals surface area contributed by atoms with Gasteiger partial charge in [-0.15, -0.1) is 0 Å². The summed E-state index contributed by atoms with van der Waals surface area (Å²) in [5.41, 5.74) is 0.581. The van der Waals surface area contributed by atoms with Crippen LogP contribution in [0.2, 0.25) is 0 Å². The molecule has 2 N–H and O–H groups in total. The predicted octanol–water partition coefficient (Wildman–Crippen LogP) is 2.72. The fraction of sp³-hybridized carbons (Fsp3) is 0.467. The smallest absolute Gasteiger partial charge is 0.323 e. The van der Waals surface area contributed by atoms with Crippen molar-refractivity contribution in [2.75, 3.05) is 18.0 Å². The SMILES string of the molecule is CCC(CC)CNC(=O)N(CC(=O)O)c1ccccc1. The first-order valence-electron chi connectivity index (χ1n) is 6.90. The Labute approximate surface area is 119 Å². The second-order valence-corrected chi connectivity index (χ2v) is 4.68. The van der Waals surface area contributed by atoms with Gasteiger partial charge in [0.05, 0.1) is 0 Å². The van der Waals surface area contributed by atoms with E-state index >= 15 is 0 Å². The van der Waals surface area contributed by atoms with Crippen LogP contribution < -0.4 is 10.2 Å². The number of carbonyl (C=O) groups is 2. The van der Waals surface area contributed by atoms with Crippen LogP contribution in [0.3, 0.4) is 0 Å². The van der Waals surface area contributed by atoms with Crippen LogP contribution in [0.1, 0.15) is 26.7 Å². The molecule has 2 amide bonds. The molecule has 0 aliphatic heterocycles. The number of nitrogens with zero attached hydrogens (tertiary/aromatic N) is 1. The van der Waals surface area contributed by atoms with Crippen LogP contribution in [0.15, 0.2) is 30.3 Å². The van der Waals surface area contributed by atoms with Crippen LogP contribution >= 0.6 is 0 Å². The number of para-hydroxylation sites is 1. The molecule has 110 valence electrons. The molecule has 0 bridgehead atoms. The molecule has 0 aliphatic carbocycles. The Bertz CT molecular complexity index is 430. The average Bonchev–Trinajstić information content (AvgIpc) is 2.46. The van der Waals surface area contributed by atoms with Crippen molar-refractivity contribution in [3.05, 3.63) is 30.3 Å². The quantitative estimate of drug-likeness (QED) is 0.805. The third-order valence-corrected chi connectivity index (χ3v) is 3.30. The molecule has 0 atom stereocenters. The Morgan fingerprint density at radius 1 is 1.20 bits per heavy atom. The zero-order valence-corrected chi connectivity index (χ0v) is 12.0. The molecule has 0 heterocycles. The van der Waals surface area contributed by atoms with Crippen molar-refractivity contribution in [3.8, 4) is 0 Å². The fourth-order valence-electron chi connectivity index (χ4n) is 1.93. The molecule has 0 aromatic heterocycles. The Morgan fingerprint density at radius 2 is 1.80 bits per heavy atom. The van der Waals surface area contributed by atoms with Crippen LogP contribution in [0, 0.1) is 5.92 Å². The Morgan fingerprint density at radius 3 is 2.30 bits per heavy atom. The second-order valence-electron chi connectivity index (χ2n) is 4.68. The lowest BCUT2D eigenvalue weighted by Crippen LogP contribution is -2.44. The summed E-state index contributed by atoms with van der Waals surface area (Å²) < 4.78 is 0. The number of aliphatic carboxylic acids is 1. The lowest BCUT2D eigenvalue weighted by Gasteiger charge is -2.23. The van der Waals surface area contributed by atoms with Gasteiger partial charge in [0.25, 0.3) is 0 Å². The number of amides is 2.